The molecule has 182 valence electrons. The largest absolute Gasteiger partial charge is 0.423 e. The normalized spacial score (nSPS) is 11.8. The van der Waals surface area contributed by atoms with Gasteiger partial charge in [-0.1, -0.05) is 110 Å². The van der Waals surface area contributed by atoms with Gasteiger partial charge >= 0.3 is 11.9 Å². The molecule has 1 aromatic carbocycles. The van der Waals surface area contributed by atoms with Gasteiger partial charge in [0.2, 0.25) is 0 Å². The molecule has 0 saturated heterocycles. The van der Waals surface area contributed by atoms with Crippen LogP contribution in [-0.2, 0) is 9.59 Å². The molecule has 0 aliphatic heterocycles. The fourth-order valence-electron chi connectivity index (χ4n) is 3.93. The molecule has 0 amide bonds. The van der Waals surface area contributed by atoms with E-state index < -0.39 is 0 Å². The molecule has 0 aliphatic carbocycles. The molecular weight excluding hydrogens is 400 g/mol. The maximum absolute atomic E-state index is 12.8. The Kier molecular flexibility index (Phi) is 16.5. The highest BCUT2D eigenvalue weighted by Gasteiger charge is 2.21. The number of rotatable bonds is 19. The summed E-state index contributed by atoms with van der Waals surface area (Å²) in [4.78, 5) is 25.1. The van der Waals surface area contributed by atoms with Gasteiger partial charge in [0.15, 0.2) is 11.5 Å². The molecule has 0 spiro atoms. The predicted molar refractivity (Wildman–Crippen MR) is 132 cm³/mol. The second kappa shape index (κ2) is 18.7. The third-order valence-electron chi connectivity index (χ3n) is 5.89. The Morgan fingerprint density at radius 3 is 1.78 bits per heavy atom. The van der Waals surface area contributed by atoms with Gasteiger partial charge in [0.25, 0.3) is 0 Å². The maximum atomic E-state index is 12.8. The van der Waals surface area contributed by atoms with E-state index in [4.69, 9.17) is 9.47 Å². The van der Waals surface area contributed by atoms with Crippen molar-refractivity contribution in [2.45, 2.75) is 124 Å². The summed E-state index contributed by atoms with van der Waals surface area (Å²) in [6.07, 6.45) is 17.0. The van der Waals surface area contributed by atoms with Crippen LogP contribution in [0.1, 0.15) is 124 Å². The Labute approximate surface area is 196 Å². The van der Waals surface area contributed by atoms with Gasteiger partial charge in [-0.2, -0.15) is 0 Å². The SMILES string of the molecule is CCCCCCCCC(=O)Oc1ccccc1OC(=O)C(CCC)CCCCCCCC. The molecule has 0 aliphatic rings. The van der Waals surface area contributed by atoms with Crippen molar-refractivity contribution in [3.63, 3.8) is 0 Å². The fraction of sp³-hybridized carbons (Fsp3) is 0.714. The van der Waals surface area contributed by atoms with Gasteiger partial charge in [0.1, 0.15) is 0 Å². The summed E-state index contributed by atoms with van der Waals surface area (Å²) in [5.74, 6) is 0.114. The van der Waals surface area contributed by atoms with Crippen molar-refractivity contribution >= 4 is 11.9 Å². The van der Waals surface area contributed by atoms with Crippen molar-refractivity contribution in [2.24, 2.45) is 5.92 Å². The molecule has 0 N–H and O–H groups in total. The van der Waals surface area contributed by atoms with Crippen molar-refractivity contribution in [3.8, 4) is 11.5 Å². The number of carbonyl (C=O) groups excluding carboxylic acids is 2. The maximum Gasteiger partial charge on any atom is 0.314 e. The van der Waals surface area contributed by atoms with Gasteiger partial charge in [0.05, 0.1) is 5.92 Å². The van der Waals surface area contributed by atoms with Crippen LogP contribution in [0.15, 0.2) is 24.3 Å². The molecule has 0 fully saturated rings. The number of ether oxygens (including phenoxy) is 2. The Morgan fingerprint density at radius 1 is 0.656 bits per heavy atom. The minimum absolute atomic E-state index is 0.0990. The van der Waals surface area contributed by atoms with E-state index in [1.807, 2.05) is 0 Å². The number of benzene rings is 1. The van der Waals surface area contributed by atoms with Crippen LogP contribution in [0.5, 0.6) is 11.5 Å². The standard InChI is InChI=1S/C28H46O4/c1-4-7-9-11-13-15-20-24(19-6-3)28(30)32-26-22-18-17-21-25(26)31-27(29)23-16-14-12-10-8-5-2/h17-18,21-22,24H,4-16,19-20,23H2,1-3H3. The summed E-state index contributed by atoms with van der Waals surface area (Å²) in [7, 11) is 0. The van der Waals surface area contributed by atoms with E-state index in [1.165, 1.54) is 51.4 Å². The van der Waals surface area contributed by atoms with Crippen LogP contribution in [0.2, 0.25) is 0 Å². The second-order valence-corrected chi connectivity index (χ2v) is 8.90. The van der Waals surface area contributed by atoms with Crippen molar-refractivity contribution in [3.05, 3.63) is 24.3 Å². The van der Waals surface area contributed by atoms with Crippen LogP contribution >= 0.6 is 0 Å². The van der Waals surface area contributed by atoms with Crippen molar-refractivity contribution < 1.29 is 19.1 Å². The molecule has 0 bridgehead atoms. The zero-order chi connectivity index (χ0) is 23.4. The highest BCUT2D eigenvalue weighted by atomic mass is 16.6. The van der Waals surface area contributed by atoms with Gasteiger partial charge in [-0.15, -0.1) is 0 Å². The highest BCUT2D eigenvalue weighted by Crippen LogP contribution is 2.29. The van der Waals surface area contributed by atoms with Crippen LogP contribution in [0.3, 0.4) is 0 Å². The van der Waals surface area contributed by atoms with Crippen LogP contribution in [0, 0.1) is 5.92 Å². The number of hydrogen-bond donors (Lipinski definition) is 0. The second-order valence-electron chi connectivity index (χ2n) is 8.90. The minimum Gasteiger partial charge on any atom is -0.423 e. The summed E-state index contributed by atoms with van der Waals surface area (Å²) in [6, 6.07) is 7.00. The first-order valence-corrected chi connectivity index (χ1v) is 13.1. The van der Waals surface area contributed by atoms with E-state index in [2.05, 4.69) is 20.8 Å². The van der Waals surface area contributed by atoms with E-state index in [9.17, 15) is 9.59 Å². The molecule has 0 heterocycles. The summed E-state index contributed by atoms with van der Waals surface area (Å²) < 4.78 is 11.2. The minimum atomic E-state index is -0.263. The Morgan fingerprint density at radius 2 is 1.19 bits per heavy atom. The van der Waals surface area contributed by atoms with Crippen molar-refractivity contribution in [2.75, 3.05) is 0 Å². The van der Waals surface area contributed by atoms with Crippen LogP contribution < -0.4 is 9.47 Å². The smallest absolute Gasteiger partial charge is 0.314 e. The zero-order valence-electron chi connectivity index (χ0n) is 20.8. The molecule has 0 saturated carbocycles. The van der Waals surface area contributed by atoms with E-state index >= 15 is 0 Å². The first kappa shape index (κ1) is 28.2. The third kappa shape index (κ3) is 12.9. The summed E-state index contributed by atoms with van der Waals surface area (Å²) in [6.45, 7) is 6.51. The lowest BCUT2D eigenvalue weighted by atomic mass is 9.96. The van der Waals surface area contributed by atoms with Gasteiger partial charge in [-0.3, -0.25) is 9.59 Å². The first-order chi connectivity index (χ1) is 15.6. The van der Waals surface area contributed by atoms with Gasteiger partial charge in [0, 0.05) is 6.42 Å². The van der Waals surface area contributed by atoms with E-state index in [-0.39, 0.29) is 17.9 Å². The van der Waals surface area contributed by atoms with Crippen molar-refractivity contribution in [1.29, 1.82) is 0 Å². The van der Waals surface area contributed by atoms with Crippen molar-refractivity contribution in [1.82, 2.24) is 0 Å². The highest BCUT2D eigenvalue weighted by molar-refractivity contribution is 5.77. The lowest BCUT2D eigenvalue weighted by Crippen LogP contribution is -2.21. The van der Waals surface area contributed by atoms with E-state index in [0.29, 0.717) is 17.9 Å². The number of para-hydroxylation sites is 2. The molecule has 4 nitrogen and oxygen atoms in total. The van der Waals surface area contributed by atoms with Crippen LogP contribution in [0.25, 0.3) is 0 Å². The number of unbranched alkanes of at least 4 members (excludes halogenated alkanes) is 10. The van der Waals surface area contributed by atoms with Crippen LogP contribution in [-0.4, -0.2) is 11.9 Å². The molecule has 0 radical (unpaired) electrons. The summed E-state index contributed by atoms with van der Waals surface area (Å²) in [5.41, 5.74) is 0. The molecule has 32 heavy (non-hydrogen) atoms. The monoisotopic (exact) mass is 446 g/mol. The molecule has 1 unspecified atom stereocenters. The number of hydrogen-bond acceptors (Lipinski definition) is 4. The molecule has 0 aromatic heterocycles. The summed E-state index contributed by atoms with van der Waals surface area (Å²) in [5, 5.41) is 0. The first-order valence-electron chi connectivity index (χ1n) is 13.1. The Hall–Kier alpha value is -1.84. The van der Waals surface area contributed by atoms with Crippen LogP contribution in [0.4, 0.5) is 0 Å². The lowest BCUT2D eigenvalue weighted by molar-refractivity contribution is -0.140. The lowest BCUT2D eigenvalue weighted by Gasteiger charge is -2.16. The van der Waals surface area contributed by atoms with Gasteiger partial charge in [-0.05, 0) is 31.4 Å². The van der Waals surface area contributed by atoms with E-state index in [0.717, 1.165) is 44.9 Å². The zero-order valence-corrected chi connectivity index (χ0v) is 20.8. The number of esters is 2. The average molecular weight is 447 g/mol. The molecule has 1 rings (SSSR count). The topological polar surface area (TPSA) is 52.6 Å². The Balaban J connectivity index is 2.51. The molecule has 1 atom stereocenters. The molecular formula is C28H46O4. The fourth-order valence-corrected chi connectivity index (χ4v) is 3.93. The number of carbonyl (C=O) groups is 2. The quantitative estimate of drug-likeness (QED) is 0.122. The van der Waals surface area contributed by atoms with E-state index in [1.54, 1.807) is 24.3 Å². The Bertz CT molecular complexity index is 626. The predicted octanol–water partition coefficient (Wildman–Crippen LogP) is 8.41. The molecule has 4 heteroatoms. The molecule has 1 aromatic rings. The third-order valence-corrected chi connectivity index (χ3v) is 5.89. The average Bonchev–Trinajstić information content (AvgIpc) is 2.79. The van der Waals surface area contributed by atoms with Gasteiger partial charge < -0.3 is 9.47 Å². The summed E-state index contributed by atoms with van der Waals surface area (Å²) >= 11 is 0. The van der Waals surface area contributed by atoms with Gasteiger partial charge in [-0.25, -0.2) is 0 Å².